The van der Waals surface area contributed by atoms with Crippen molar-refractivity contribution in [2.45, 2.75) is 6.42 Å². The van der Waals surface area contributed by atoms with E-state index in [0.717, 1.165) is 4.47 Å². The Morgan fingerprint density at radius 1 is 1.00 bits per heavy atom. The molecule has 1 N–H and O–H groups in total. The predicted octanol–water partition coefficient (Wildman–Crippen LogP) is 4.78. The molecular formula is C26H23BrN2O6. The lowest BCUT2D eigenvalue weighted by molar-refractivity contribution is -0.151. The van der Waals surface area contributed by atoms with E-state index < -0.39 is 24.4 Å². The maximum atomic E-state index is 12.5. The number of hydrogen-bond acceptors (Lipinski definition) is 6. The van der Waals surface area contributed by atoms with E-state index in [1.165, 1.54) is 4.90 Å². The Bertz CT molecular complexity index is 1210. The number of para-hydroxylation sites is 2. The summed E-state index contributed by atoms with van der Waals surface area (Å²) in [4.78, 5) is 38.6. The van der Waals surface area contributed by atoms with Gasteiger partial charge in [0.2, 0.25) is 5.91 Å². The number of methoxy groups -OCH3 is 1. The molecule has 0 aliphatic carbocycles. The van der Waals surface area contributed by atoms with Crippen LogP contribution >= 0.6 is 15.9 Å². The zero-order valence-corrected chi connectivity index (χ0v) is 20.5. The van der Waals surface area contributed by atoms with Crippen LogP contribution < -0.4 is 19.7 Å². The van der Waals surface area contributed by atoms with Crippen molar-refractivity contribution in [3.05, 3.63) is 77.3 Å². The molecule has 9 heteroatoms. The highest BCUT2D eigenvalue weighted by Crippen LogP contribution is 2.33. The Hall–Kier alpha value is -3.85. The maximum Gasteiger partial charge on any atom is 0.311 e. The van der Waals surface area contributed by atoms with Gasteiger partial charge in [-0.3, -0.25) is 14.4 Å². The van der Waals surface area contributed by atoms with Gasteiger partial charge in [0.15, 0.2) is 18.1 Å². The highest BCUT2D eigenvalue weighted by molar-refractivity contribution is 9.10. The van der Waals surface area contributed by atoms with Crippen molar-refractivity contribution >= 4 is 45.1 Å². The van der Waals surface area contributed by atoms with Crippen molar-refractivity contribution in [2.24, 2.45) is 5.92 Å². The molecule has 180 valence electrons. The number of rotatable bonds is 8. The zero-order chi connectivity index (χ0) is 24.8. The fraction of sp³-hybridized carbons (Fsp3) is 0.192. The number of nitrogens with zero attached hydrogens (tertiary/aromatic N) is 1. The van der Waals surface area contributed by atoms with Crippen LogP contribution in [0.2, 0.25) is 0 Å². The van der Waals surface area contributed by atoms with Crippen LogP contribution in [0, 0.1) is 5.92 Å². The summed E-state index contributed by atoms with van der Waals surface area (Å²) in [5.74, 6) is -0.102. The minimum absolute atomic E-state index is 0.0205. The van der Waals surface area contributed by atoms with E-state index in [0.29, 0.717) is 28.6 Å². The lowest BCUT2D eigenvalue weighted by Crippen LogP contribution is -2.28. The summed E-state index contributed by atoms with van der Waals surface area (Å²) in [6.45, 7) is -0.243. The van der Waals surface area contributed by atoms with E-state index in [1.54, 1.807) is 67.8 Å². The second kappa shape index (κ2) is 11.1. The van der Waals surface area contributed by atoms with Gasteiger partial charge in [0.25, 0.3) is 5.91 Å². The highest BCUT2D eigenvalue weighted by Gasteiger charge is 2.36. The molecule has 35 heavy (non-hydrogen) atoms. The van der Waals surface area contributed by atoms with Gasteiger partial charge >= 0.3 is 5.97 Å². The van der Waals surface area contributed by atoms with Crippen molar-refractivity contribution in [2.75, 3.05) is 30.5 Å². The Kier molecular flexibility index (Phi) is 7.67. The summed E-state index contributed by atoms with van der Waals surface area (Å²) in [5.41, 5.74) is 1.24. The van der Waals surface area contributed by atoms with Crippen LogP contribution in [0.1, 0.15) is 6.42 Å². The standard InChI is InChI=1S/C26H23BrN2O6/c1-33-22-4-2-3-5-23(22)35-21-12-10-20(11-13-21)29-15-17(14-25(29)31)26(32)34-16-24(30)28-19-8-6-18(27)7-9-19/h2-13,17H,14-16H2,1H3,(H,28,30)/t17-/m0/s1. The molecule has 3 aromatic carbocycles. The molecular weight excluding hydrogens is 516 g/mol. The number of anilines is 2. The first-order chi connectivity index (χ1) is 16.9. The molecule has 0 spiro atoms. The van der Waals surface area contributed by atoms with Crippen LogP contribution in [0.25, 0.3) is 0 Å². The molecule has 4 rings (SSSR count). The largest absolute Gasteiger partial charge is 0.493 e. The van der Waals surface area contributed by atoms with Crippen LogP contribution in [0.4, 0.5) is 11.4 Å². The van der Waals surface area contributed by atoms with Crippen LogP contribution in [0.3, 0.4) is 0 Å². The van der Waals surface area contributed by atoms with Crippen molar-refractivity contribution in [3.63, 3.8) is 0 Å². The average molecular weight is 539 g/mol. The van der Waals surface area contributed by atoms with Gasteiger partial charge in [0.1, 0.15) is 5.75 Å². The molecule has 1 aliphatic heterocycles. The number of benzene rings is 3. The van der Waals surface area contributed by atoms with Crippen molar-refractivity contribution < 1.29 is 28.6 Å². The molecule has 2 amide bonds. The average Bonchev–Trinajstić information content (AvgIpc) is 3.26. The Balaban J connectivity index is 1.30. The lowest BCUT2D eigenvalue weighted by Gasteiger charge is -2.17. The Morgan fingerprint density at radius 3 is 2.37 bits per heavy atom. The topological polar surface area (TPSA) is 94.2 Å². The third kappa shape index (κ3) is 6.19. The summed E-state index contributed by atoms with van der Waals surface area (Å²) in [6.07, 6.45) is 0.0205. The van der Waals surface area contributed by atoms with E-state index in [-0.39, 0.29) is 18.9 Å². The number of carbonyl (C=O) groups excluding carboxylic acids is 3. The normalized spacial score (nSPS) is 15.0. The van der Waals surface area contributed by atoms with Crippen molar-refractivity contribution in [1.29, 1.82) is 0 Å². The number of carbonyl (C=O) groups is 3. The predicted molar refractivity (Wildman–Crippen MR) is 134 cm³/mol. The molecule has 1 aliphatic rings. The molecule has 1 atom stereocenters. The number of halogens is 1. The van der Waals surface area contributed by atoms with E-state index >= 15 is 0 Å². The molecule has 0 aromatic heterocycles. The fourth-order valence-electron chi connectivity index (χ4n) is 3.62. The second-order valence-electron chi connectivity index (χ2n) is 7.81. The Labute approximate surface area is 210 Å². The third-order valence-corrected chi connectivity index (χ3v) is 5.91. The maximum absolute atomic E-state index is 12.5. The minimum Gasteiger partial charge on any atom is -0.493 e. The van der Waals surface area contributed by atoms with Crippen molar-refractivity contribution in [1.82, 2.24) is 0 Å². The van der Waals surface area contributed by atoms with Gasteiger partial charge in [-0.2, -0.15) is 0 Å². The SMILES string of the molecule is COc1ccccc1Oc1ccc(N2C[C@@H](C(=O)OCC(=O)Nc3ccc(Br)cc3)CC2=O)cc1. The number of esters is 1. The highest BCUT2D eigenvalue weighted by atomic mass is 79.9. The summed E-state index contributed by atoms with van der Waals surface area (Å²) >= 11 is 3.32. The van der Waals surface area contributed by atoms with E-state index in [2.05, 4.69) is 21.2 Å². The third-order valence-electron chi connectivity index (χ3n) is 5.38. The first-order valence-electron chi connectivity index (χ1n) is 10.9. The molecule has 0 saturated carbocycles. The molecule has 3 aromatic rings. The van der Waals surface area contributed by atoms with Gasteiger partial charge in [0, 0.05) is 28.8 Å². The molecule has 0 bridgehead atoms. The minimum atomic E-state index is -0.646. The lowest BCUT2D eigenvalue weighted by atomic mass is 10.1. The second-order valence-corrected chi connectivity index (χ2v) is 8.73. The smallest absolute Gasteiger partial charge is 0.311 e. The van der Waals surface area contributed by atoms with Crippen LogP contribution in [-0.2, 0) is 19.1 Å². The zero-order valence-electron chi connectivity index (χ0n) is 18.9. The molecule has 0 unspecified atom stereocenters. The van der Waals surface area contributed by atoms with E-state index in [4.69, 9.17) is 14.2 Å². The fourth-order valence-corrected chi connectivity index (χ4v) is 3.89. The quantitative estimate of drug-likeness (QED) is 0.414. The molecule has 0 radical (unpaired) electrons. The summed E-state index contributed by atoms with van der Waals surface area (Å²) in [5, 5.41) is 2.65. The monoisotopic (exact) mass is 538 g/mol. The van der Waals surface area contributed by atoms with Gasteiger partial charge in [-0.05, 0) is 60.7 Å². The van der Waals surface area contributed by atoms with E-state index in [9.17, 15) is 14.4 Å². The van der Waals surface area contributed by atoms with E-state index in [1.807, 2.05) is 12.1 Å². The number of hydrogen-bond donors (Lipinski definition) is 1. The van der Waals surface area contributed by atoms with Gasteiger partial charge in [0.05, 0.1) is 13.0 Å². The summed E-state index contributed by atoms with van der Waals surface area (Å²) in [7, 11) is 1.57. The van der Waals surface area contributed by atoms with Gasteiger partial charge in [-0.1, -0.05) is 28.1 Å². The molecule has 1 saturated heterocycles. The van der Waals surface area contributed by atoms with Gasteiger partial charge in [-0.15, -0.1) is 0 Å². The first kappa shape index (κ1) is 24.3. The Morgan fingerprint density at radius 2 is 1.69 bits per heavy atom. The number of nitrogens with one attached hydrogen (secondary N) is 1. The molecule has 1 heterocycles. The number of ether oxygens (including phenoxy) is 3. The molecule has 1 fully saturated rings. The first-order valence-corrected chi connectivity index (χ1v) is 11.7. The van der Waals surface area contributed by atoms with Gasteiger partial charge in [-0.25, -0.2) is 0 Å². The number of amides is 2. The van der Waals surface area contributed by atoms with Crippen molar-refractivity contribution in [3.8, 4) is 17.2 Å². The summed E-state index contributed by atoms with van der Waals surface area (Å²) in [6, 6.07) is 21.3. The summed E-state index contributed by atoms with van der Waals surface area (Å²) < 4.78 is 17.2. The van der Waals surface area contributed by atoms with Crippen LogP contribution in [0.15, 0.2) is 77.3 Å². The van der Waals surface area contributed by atoms with Crippen LogP contribution in [0.5, 0.6) is 17.2 Å². The molecule has 8 nitrogen and oxygen atoms in total. The van der Waals surface area contributed by atoms with Crippen LogP contribution in [-0.4, -0.2) is 38.0 Å². The van der Waals surface area contributed by atoms with Gasteiger partial charge < -0.3 is 24.4 Å².